The fraction of sp³-hybridized carbons (Fsp3) is 0.500. The molecule has 0 aromatic heterocycles. The number of halogens is 6. The zero-order chi connectivity index (χ0) is 15.3. The molecular formula is C6BF6N3O3. The molecule has 0 aliphatic carbocycles. The van der Waals surface area contributed by atoms with Crippen LogP contribution < -0.4 is 0 Å². The van der Waals surface area contributed by atoms with Gasteiger partial charge in [-0.2, -0.15) is 42.1 Å². The fourth-order valence-electron chi connectivity index (χ4n) is 0.514. The second kappa shape index (κ2) is 5.76. The van der Waals surface area contributed by atoms with Gasteiger partial charge >= 0.3 is 25.6 Å². The Morgan fingerprint density at radius 1 is 0.632 bits per heavy atom. The summed E-state index contributed by atoms with van der Waals surface area (Å²) < 4.78 is 83.4. The van der Waals surface area contributed by atoms with E-state index < -0.39 is 25.6 Å². The highest BCUT2D eigenvalue weighted by Crippen LogP contribution is 2.25. The molecule has 0 aromatic carbocycles. The molecule has 0 amide bonds. The Kier molecular flexibility index (Phi) is 5.15. The first kappa shape index (κ1) is 17.0. The number of nitrogens with zero attached hydrogens (tertiary/aromatic N) is 3. The van der Waals surface area contributed by atoms with Crippen molar-refractivity contribution in [2.45, 2.75) is 18.3 Å². The van der Waals surface area contributed by atoms with Gasteiger partial charge < -0.3 is 14.0 Å². The minimum atomic E-state index is -4.83. The van der Waals surface area contributed by atoms with Gasteiger partial charge in [0.05, 0.1) is 0 Å². The van der Waals surface area contributed by atoms with E-state index >= 15 is 0 Å². The van der Waals surface area contributed by atoms with Crippen molar-refractivity contribution in [3.05, 3.63) is 0 Å². The van der Waals surface area contributed by atoms with E-state index in [1.807, 2.05) is 0 Å². The molecule has 0 heterocycles. The Balaban J connectivity index is 5.04. The minimum absolute atomic E-state index is 0.108. The van der Waals surface area contributed by atoms with E-state index in [1.54, 1.807) is 0 Å². The van der Waals surface area contributed by atoms with Gasteiger partial charge in [0.25, 0.3) is 0 Å². The highest BCUT2D eigenvalue weighted by atomic mass is 19.3. The molecular weight excluding hydrogens is 287 g/mol. The summed E-state index contributed by atoms with van der Waals surface area (Å²) in [5.41, 5.74) is 0. The molecule has 6 nitrogen and oxygen atoms in total. The molecule has 102 valence electrons. The highest BCUT2D eigenvalue weighted by molar-refractivity contribution is 6.36. The van der Waals surface area contributed by atoms with Crippen molar-refractivity contribution in [3.63, 3.8) is 0 Å². The van der Waals surface area contributed by atoms with Gasteiger partial charge in [-0.05, 0) is 0 Å². The van der Waals surface area contributed by atoms with Crippen LogP contribution in [0.2, 0.25) is 0 Å². The van der Waals surface area contributed by atoms with Crippen LogP contribution in [-0.4, -0.2) is 25.6 Å². The molecule has 0 unspecified atom stereocenters. The van der Waals surface area contributed by atoms with Crippen molar-refractivity contribution in [2.75, 3.05) is 0 Å². The van der Waals surface area contributed by atoms with E-state index in [4.69, 9.17) is 15.8 Å². The average molecular weight is 287 g/mol. The van der Waals surface area contributed by atoms with Crippen molar-refractivity contribution in [1.82, 2.24) is 0 Å². The molecule has 0 atom stereocenters. The van der Waals surface area contributed by atoms with E-state index in [0.717, 1.165) is 0 Å². The lowest BCUT2D eigenvalue weighted by atomic mass is 10.2. The topological polar surface area (TPSA) is 99.1 Å². The van der Waals surface area contributed by atoms with E-state index in [9.17, 15) is 26.3 Å². The molecule has 19 heavy (non-hydrogen) atoms. The van der Waals surface area contributed by atoms with Crippen LogP contribution in [-0.2, 0) is 14.0 Å². The summed E-state index contributed by atoms with van der Waals surface area (Å²) in [6.45, 7) is 0. The summed E-state index contributed by atoms with van der Waals surface area (Å²) in [7, 11) is -3.54. The van der Waals surface area contributed by atoms with Crippen molar-refractivity contribution >= 4 is 7.32 Å². The van der Waals surface area contributed by atoms with E-state index in [-0.39, 0.29) is 18.2 Å². The zero-order valence-corrected chi connectivity index (χ0v) is 8.41. The summed E-state index contributed by atoms with van der Waals surface area (Å²) >= 11 is 0. The van der Waals surface area contributed by atoms with Crippen LogP contribution in [0.25, 0.3) is 0 Å². The van der Waals surface area contributed by atoms with Gasteiger partial charge in [-0.25, -0.2) is 0 Å². The molecule has 0 spiro atoms. The molecule has 0 saturated heterocycles. The summed E-state index contributed by atoms with van der Waals surface area (Å²) in [5.74, 6) is 0. The molecule has 0 N–H and O–H groups in total. The Morgan fingerprint density at radius 3 is 1.00 bits per heavy atom. The molecule has 0 bridgehead atoms. The van der Waals surface area contributed by atoms with Gasteiger partial charge in [-0.15, -0.1) is 0 Å². The first-order valence-corrected chi connectivity index (χ1v) is 3.87. The van der Waals surface area contributed by atoms with Crippen molar-refractivity contribution in [2.24, 2.45) is 0 Å². The quantitative estimate of drug-likeness (QED) is 0.540. The molecule has 0 aromatic rings. The standard InChI is InChI=1S/C6BF6N3O3/c8-4(9,1-14)17-7(18-5(10,11)2-15)19-6(12,13)3-16. The number of hydrogen-bond acceptors (Lipinski definition) is 6. The maximum absolute atomic E-state index is 12.4. The van der Waals surface area contributed by atoms with Crippen LogP contribution in [0.5, 0.6) is 0 Å². The van der Waals surface area contributed by atoms with Gasteiger partial charge in [-0.3, -0.25) is 0 Å². The summed E-state index contributed by atoms with van der Waals surface area (Å²) in [5, 5.41) is 23.4. The molecule has 0 aliphatic heterocycles. The third-order valence-corrected chi connectivity index (χ3v) is 1.12. The van der Waals surface area contributed by atoms with Crippen molar-refractivity contribution < 1.29 is 40.3 Å². The lowest BCUT2D eigenvalue weighted by molar-refractivity contribution is -0.231. The van der Waals surface area contributed by atoms with E-state index in [1.165, 1.54) is 0 Å². The third-order valence-electron chi connectivity index (χ3n) is 1.12. The Hall–Kier alpha value is -2.01. The van der Waals surface area contributed by atoms with Crippen LogP contribution >= 0.6 is 0 Å². The molecule has 13 heteroatoms. The van der Waals surface area contributed by atoms with Crippen LogP contribution in [0.15, 0.2) is 0 Å². The van der Waals surface area contributed by atoms with Crippen LogP contribution in [0.4, 0.5) is 26.3 Å². The normalized spacial score (nSPS) is 12.2. The monoisotopic (exact) mass is 287 g/mol. The first-order valence-electron chi connectivity index (χ1n) is 3.87. The summed E-state index contributed by atoms with van der Waals surface area (Å²) in [6.07, 6.45) is -14.5. The number of nitriles is 3. The van der Waals surface area contributed by atoms with Gasteiger partial charge in [0, 0.05) is 0 Å². The van der Waals surface area contributed by atoms with E-state index in [0.29, 0.717) is 0 Å². The smallest absolute Gasteiger partial charge is 0.314 e. The molecule has 0 rings (SSSR count). The van der Waals surface area contributed by atoms with Crippen LogP contribution in [0.3, 0.4) is 0 Å². The van der Waals surface area contributed by atoms with Crippen molar-refractivity contribution in [1.29, 1.82) is 15.8 Å². The van der Waals surface area contributed by atoms with Gasteiger partial charge in [0.2, 0.25) is 0 Å². The van der Waals surface area contributed by atoms with Gasteiger partial charge in [-0.1, -0.05) is 0 Å². The third kappa shape index (κ3) is 6.48. The molecule has 0 fully saturated rings. The predicted molar refractivity (Wildman–Crippen MR) is 40.7 cm³/mol. The molecule has 0 radical (unpaired) electrons. The highest BCUT2D eigenvalue weighted by Gasteiger charge is 2.50. The largest absolute Gasteiger partial charge is 0.654 e. The number of rotatable bonds is 6. The average Bonchev–Trinajstić information content (AvgIpc) is 2.27. The zero-order valence-electron chi connectivity index (χ0n) is 8.41. The SMILES string of the molecule is N#CC(F)(F)OB(OC(F)(F)C#N)OC(F)(F)C#N. The minimum Gasteiger partial charge on any atom is -0.314 e. The van der Waals surface area contributed by atoms with Crippen LogP contribution in [0, 0.1) is 34.0 Å². The molecule has 0 aliphatic rings. The maximum atomic E-state index is 12.4. The Labute approximate surface area is 101 Å². The van der Waals surface area contributed by atoms with Crippen molar-refractivity contribution in [3.8, 4) is 18.2 Å². The lowest BCUT2D eigenvalue weighted by Gasteiger charge is -2.20. The summed E-state index contributed by atoms with van der Waals surface area (Å²) in [6, 6.07) is 0.325. The Morgan fingerprint density at radius 2 is 0.842 bits per heavy atom. The van der Waals surface area contributed by atoms with Gasteiger partial charge in [0.15, 0.2) is 18.2 Å². The lowest BCUT2D eigenvalue weighted by Crippen LogP contribution is -2.44. The molecule has 0 saturated carbocycles. The predicted octanol–water partition coefficient (Wildman–Crippen LogP) is 1.37. The second-order valence-electron chi connectivity index (χ2n) is 2.53. The fourth-order valence-corrected chi connectivity index (χ4v) is 0.514. The van der Waals surface area contributed by atoms with E-state index in [2.05, 4.69) is 14.0 Å². The summed E-state index contributed by atoms with van der Waals surface area (Å²) in [4.78, 5) is 0. The maximum Gasteiger partial charge on any atom is 0.654 e. The Bertz CT molecular complexity index is 386. The second-order valence-corrected chi connectivity index (χ2v) is 2.53. The van der Waals surface area contributed by atoms with Crippen LogP contribution in [0.1, 0.15) is 0 Å². The van der Waals surface area contributed by atoms with Gasteiger partial charge in [0.1, 0.15) is 0 Å². The number of hydrogen-bond donors (Lipinski definition) is 0. The first-order chi connectivity index (χ1) is 8.47. The number of alkyl halides is 6.